The van der Waals surface area contributed by atoms with Gasteiger partial charge in [0.15, 0.2) is 0 Å². The van der Waals surface area contributed by atoms with Crippen molar-refractivity contribution in [1.82, 2.24) is 10.6 Å². The van der Waals surface area contributed by atoms with Crippen molar-refractivity contribution >= 4 is 18.3 Å². The normalized spacial score (nSPS) is 34.5. The summed E-state index contributed by atoms with van der Waals surface area (Å²) < 4.78 is 11.1. The SMILES string of the molecule is COCC1(C(=O)NC2CC3CCC2O3)CCNCC1.Cl. The third-order valence-corrected chi connectivity index (χ3v) is 4.89. The van der Waals surface area contributed by atoms with Crippen LogP contribution in [0.15, 0.2) is 0 Å². The number of piperidine rings is 1. The molecule has 2 N–H and O–H groups in total. The molecule has 5 nitrogen and oxygen atoms in total. The van der Waals surface area contributed by atoms with Gasteiger partial charge in [-0.25, -0.2) is 0 Å². The highest BCUT2D eigenvalue weighted by Gasteiger charge is 2.45. The minimum Gasteiger partial charge on any atom is -0.384 e. The lowest BCUT2D eigenvalue weighted by molar-refractivity contribution is -0.137. The standard InChI is InChI=1S/C14H24N2O3.ClH/c1-18-9-14(4-6-15-7-5-14)13(17)16-11-8-10-2-3-12(11)19-10;/h10-12,15H,2-9H2,1H3,(H,16,17);1H. The predicted molar refractivity (Wildman–Crippen MR) is 78.1 cm³/mol. The van der Waals surface area contributed by atoms with Gasteiger partial charge in [0, 0.05) is 7.11 Å². The Bertz CT molecular complexity index is 342. The Hall–Kier alpha value is -0.360. The average Bonchev–Trinajstić information content (AvgIpc) is 3.02. The molecule has 6 heteroatoms. The number of methoxy groups -OCH3 is 1. The van der Waals surface area contributed by atoms with E-state index in [1.54, 1.807) is 7.11 Å². The Balaban J connectivity index is 0.00000147. The number of ether oxygens (including phenoxy) is 2. The van der Waals surface area contributed by atoms with Crippen molar-refractivity contribution in [3.63, 3.8) is 0 Å². The number of carbonyl (C=O) groups excluding carboxylic acids is 1. The summed E-state index contributed by atoms with van der Waals surface area (Å²) in [6.07, 6.45) is 5.57. The number of rotatable bonds is 4. The summed E-state index contributed by atoms with van der Waals surface area (Å²) in [7, 11) is 1.68. The van der Waals surface area contributed by atoms with Gasteiger partial charge < -0.3 is 20.1 Å². The molecule has 3 unspecified atom stereocenters. The van der Waals surface area contributed by atoms with Crippen LogP contribution in [0, 0.1) is 5.41 Å². The second kappa shape index (κ2) is 6.60. The Labute approximate surface area is 126 Å². The third kappa shape index (κ3) is 2.96. The molecule has 0 saturated carbocycles. The zero-order valence-corrected chi connectivity index (χ0v) is 12.8. The summed E-state index contributed by atoms with van der Waals surface area (Å²) in [4.78, 5) is 12.7. The Morgan fingerprint density at radius 3 is 2.70 bits per heavy atom. The molecule has 0 aromatic carbocycles. The molecule has 3 rings (SSSR count). The lowest BCUT2D eigenvalue weighted by Gasteiger charge is -2.37. The van der Waals surface area contributed by atoms with Crippen molar-refractivity contribution in [3.8, 4) is 0 Å². The molecule has 3 aliphatic heterocycles. The number of fused-ring (bicyclic) bond motifs is 2. The van der Waals surface area contributed by atoms with Crippen LogP contribution >= 0.6 is 12.4 Å². The van der Waals surface area contributed by atoms with E-state index in [0.717, 1.165) is 45.2 Å². The first-order valence-electron chi connectivity index (χ1n) is 7.40. The highest BCUT2D eigenvalue weighted by molar-refractivity contribution is 5.85. The van der Waals surface area contributed by atoms with Crippen LogP contribution in [0.1, 0.15) is 32.1 Å². The van der Waals surface area contributed by atoms with Crippen molar-refractivity contribution in [3.05, 3.63) is 0 Å². The highest BCUT2D eigenvalue weighted by Crippen LogP contribution is 2.36. The van der Waals surface area contributed by atoms with Gasteiger partial charge in [-0.15, -0.1) is 12.4 Å². The summed E-state index contributed by atoms with van der Waals surface area (Å²) in [6, 6.07) is 0.217. The minimum atomic E-state index is -0.345. The number of amides is 1. The molecule has 116 valence electrons. The molecule has 0 aromatic rings. The molecular weight excluding hydrogens is 280 g/mol. The van der Waals surface area contributed by atoms with Gasteiger partial charge in [-0.2, -0.15) is 0 Å². The lowest BCUT2D eigenvalue weighted by atomic mass is 9.78. The molecule has 2 bridgehead atoms. The second-order valence-corrected chi connectivity index (χ2v) is 6.15. The van der Waals surface area contributed by atoms with Crippen molar-refractivity contribution in [2.24, 2.45) is 5.41 Å². The van der Waals surface area contributed by atoms with Gasteiger partial charge in [0.25, 0.3) is 0 Å². The molecule has 0 aliphatic carbocycles. The van der Waals surface area contributed by atoms with E-state index in [4.69, 9.17) is 9.47 Å². The van der Waals surface area contributed by atoms with Gasteiger partial charge in [0.2, 0.25) is 5.91 Å². The largest absolute Gasteiger partial charge is 0.384 e. The maximum atomic E-state index is 12.7. The van der Waals surface area contributed by atoms with Gasteiger partial charge in [0.1, 0.15) is 0 Å². The molecule has 3 fully saturated rings. The van der Waals surface area contributed by atoms with Crippen molar-refractivity contribution in [2.75, 3.05) is 26.8 Å². The minimum absolute atomic E-state index is 0. The smallest absolute Gasteiger partial charge is 0.228 e. The Kier molecular flexibility index (Phi) is 5.29. The summed E-state index contributed by atoms with van der Waals surface area (Å²) in [5.74, 6) is 0.164. The molecule has 3 heterocycles. The van der Waals surface area contributed by atoms with Gasteiger partial charge >= 0.3 is 0 Å². The monoisotopic (exact) mass is 304 g/mol. The molecule has 3 atom stereocenters. The topological polar surface area (TPSA) is 59.6 Å². The maximum absolute atomic E-state index is 12.7. The fraction of sp³-hybridized carbons (Fsp3) is 0.929. The highest BCUT2D eigenvalue weighted by atomic mass is 35.5. The number of halogens is 1. The van der Waals surface area contributed by atoms with Gasteiger partial charge in [-0.3, -0.25) is 4.79 Å². The first-order valence-corrected chi connectivity index (χ1v) is 7.40. The zero-order chi connectivity index (χ0) is 13.3. The molecule has 1 amide bonds. The summed E-state index contributed by atoms with van der Waals surface area (Å²) in [5, 5.41) is 6.55. The van der Waals surface area contributed by atoms with Crippen LogP contribution in [0.2, 0.25) is 0 Å². The maximum Gasteiger partial charge on any atom is 0.228 e. The molecule has 20 heavy (non-hydrogen) atoms. The van der Waals surface area contributed by atoms with Gasteiger partial charge in [-0.1, -0.05) is 0 Å². The Morgan fingerprint density at radius 2 is 2.15 bits per heavy atom. The van der Waals surface area contributed by atoms with E-state index in [-0.39, 0.29) is 35.9 Å². The van der Waals surface area contributed by atoms with Crippen molar-refractivity contribution in [2.45, 2.75) is 50.4 Å². The van der Waals surface area contributed by atoms with E-state index >= 15 is 0 Å². The molecular formula is C14H25ClN2O3. The van der Waals surface area contributed by atoms with Crippen LogP contribution in [0.3, 0.4) is 0 Å². The first-order chi connectivity index (χ1) is 9.23. The third-order valence-electron chi connectivity index (χ3n) is 4.89. The van der Waals surface area contributed by atoms with Crippen LogP contribution in [0.5, 0.6) is 0 Å². The summed E-state index contributed by atoms with van der Waals surface area (Å²) in [6.45, 7) is 2.30. The van der Waals surface area contributed by atoms with E-state index in [1.165, 1.54) is 0 Å². The van der Waals surface area contributed by atoms with Crippen LogP contribution in [0.25, 0.3) is 0 Å². The Morgan fingerprint density at radius 1 is 1.40 bits per heavy atom. The first kappa shape index (κ1) is 16.0. The number of hydrogen-bond donors (Lipinski definition) is 2. The van der Waals surface area contributed by atoms with Gasteiger partial charge in [-0.05, 0) is 45.2 Å². The van der Waals surface area contributed by atoms with E-state index in [9.17, 15) is 4.79 Å². The molecule has 0 radical (unpaired) electrons. The van der Waals surface area contributed by atoms with E-state index in [2.05, 4.69) is 10.6 Å². The lowest BCUT2D eigenvalue weighted by Crippen LogP contribution is -2.54. The average molecular weight is 305 g/mol. The fourth-order valence-electron chi connectivity index (χ4n) is 3.73. The zero-order valence-electron chi connectivity index (χ0n) is 12.0. The predicted octanol–water partition coefficient (Wildman–Crippen LogP) is 0.861. The fourth-order valence-corrected chi connectivity index (χ4v) is 3.73. The molecule has 0 aromatic heterocycles. The van der Waals surface area contributed by atoms with Crippen molar-refractivity contribution < 1.29 is 14.3 Å². The summed E-state index contributed by atoms with van der Waals surface area (Å²) in [5.41, 5.74) is -0.345. The van der Waals surface area contributed by atoms with Gasteiger partial charge in [0.05, 0.1) is 30.3 Å². The van der Waals surface area contributed by atoms with Crippen LogP contribution in [-0.2, 0) is 14.3 Å². The number of nitrogens with one attached hydrogen (secondary N) is 2. The quantitative estimate of drug-likeness (QED) is 0.809. The second-order valence-electron chi connectivity index (χ2n) is 6.15. The van der Waals surface area contributed by atoms with Crippen LogP contribution in [0.4, 0.5) is 0 Å². The molecule has 0 spiro atoms. The van der Waals surface area contributed by atoms with Crippen LogP contribution < -0.4 is 10.6 Å². The molecule has 3 aliphatic rings. The van der Waals surface area contributed by atoms with E-state index < -0.39 is 0 Å². The van der Waals surface area contributed by atoms with Crippen molar-refractivity contribution in [1.29, 1.82) is 0 Å². The number of hydrogen-bond acceptors (Lipinski definition) is 4. The van der Waals surface area contributed by atoms with E-state index in [1.807, 2.05) is 0 Å². The van der Waals surface area contributed by atoms with E-state index in [0.29, 0.717) is 12.7 Å². The molecule has 3 saturated heterocycles. The summed E-state index contributed by atoms with van der Waals surface area (Å²) >= 11 is 0. The number of carbonyl (C=O) groups is 1. The van der Waals surface area contributed by atoms with Crippen LogP contribution in [-0.4, -0.2) is 51.0 Å².